The lowest BCUT2D eigenvalue weighted by atomic mass is 10.2. The molecule has 4 nitrogen and oxygen atoms in total. The van der Waals surface area contributed by atoms with Gasteiger partial charge < -0.3 is 14.6 Å². The highest BCUT2D eigenvalue weighted by molar-refractivity contribution is 6.31. The monoisotopic (exact) mass is 225 g/mol. The molecule has 5 heteroatoms. The van der Waals surface area contributed by atoms with Gasteiger partial charge in [0.25, 0.3) is 5.78 Å². The molecule has 2 aromatic rings. The summed E-state index contributed by atoms with van der Waals surface area (Å²) in [7, 11) is 0. The van der Waals surface area contributed by atoms with E-state index in [1.165, 1.54) is 18.4 Å². The summed E-state index contributed by atoms with van der Waals surface area (Å²) in [5.74, 6) is 0.419. The Bertz CT molecular complexity index is 493. The van der Waals surface area contributed by atoms with Gasteiger partial charge in [-0.1, -0.05) is 11.6 Å². The Balaban J connectivity index is 2.36. The number of ketones is 1. The third-order valence-electron chi connectivity index (χ3n) is 1.97. The molecule has 78 valence electrons. The molecular weight excluding hydrogens is 218 g/mol. The van der Waals surface area contributed by atoms with Crippen LogP contribution in [0.5, 0.6) is 0 Å². The molecule has 0 amide bonds. The quantitative estimate of drug-likeness (QED) is 0.798. The summed E-state index contributed by atoms with van der Waals surface area (Å²) in [6.45, 7) is 1.68. The lowest BCUT2D eigenvalue weighted by molar-refractivity contribution is 0.0982. The van der Waals surface area contributed by atoms with E-state index in [1.54, 1.807) is 6.92 Å². The van der Waals surface area contributed by atoms with Gasteiger partial charge in [0.15, 0.2) is 11.5 Å². The van der Waals surface area contributed by atoms with Crippen molar-refractivity contribution < 1.29 is 13.6 Å². The zero-order valence-electron chi connectivity index (χ0n) is 7.91. The minimum atomic E-state index is -0.373. The van der Waals surface area contributed by atoms with Crippen molar-refractivity contribution in [1.82, 2.24) is 0 Å². The molecule has 0 unspecified atom stereocenters. The van der Waals surface area contributed by atoms with E-state index < -0.39 is 0 Å². The van der Waals surface area contributed by atoms with Crippen molar-refractivity contribution in [2.24, 2.45) is 0 Å². The molecule has 2 rings (SSSR count). The highest BCUT2D eigenvalue weighted by Crippen LogP contribution is 2.21. The summed E-state index contributed by atoms with van der Waals surface area (Å²) in [5, 5.41) is 0.370. The summed E-state index contributed by atoms with van der Waals surface area (Å²) in [4.78, 5) is 11.7. The minimum absolute atomic E-state index is 0.133. The minimum Gasteiger partial charge on any atom is -0.459 e. The van der Waals surface area contributed by atoms with Crippen LogP contribution >= 0.6 is 11.6 Å². The van der Waals surface area contributed by atoms with Gasteiger partial charge >= 0.3 is 0 Å². The summed E-state index contributed by atoms with van der Waals surface area (Å²) in [6, 6.07) is 2.89. The number of hydrogen-bond donors (Lipinski definition) is 1. The van der Waals surface area contributed by atoms with Crippen molar-refractivity contribution in [1.29, 1.82) is 0 Å². The molecule has 0 saturated heterocycles. The molecule has 0 saturated carbocycles. The van der Waals surface area contributed by atoms with Crippen molar-refractivity contribution >= 4 is 23.1 Å². The van der Waals surface area contributed by atoms with E-state index in [2.05, 4.69) is 0 Å². The highest BCUT2D eigenvalue weighted by atomic mass is 35.5. The molecule has 2 N–H and O–H groups in total. The molecule has 2 aromatic heterocycles. The number of aryl methyl sites for hydroxylation is 1. The summed E-state index contributed by atoms with van der Waals surface area (Å²) in [6.07, 6.45) is 1.29. The van der Waals surface area contributed by atoms with E-state index >= 15 is 0 Å². The Labute approximate surface area is 90.6 Å². The Morgan fingerprint density at radius 3 is 2.60 bits per heavy atom. The van der Waals surface area contributed by atoms with Crippen LogP contribution in [0.1, 0.15) is 22.1 Å². The van der Waals surface area contributed by atoms with E-state index in [1.807, 2.05) is 0 Å². The van der Waals surface area contributed by atoms with E-state index in [0.717, 1.165) is 0 Å². The summed E-state index contributed by atoms with van der Waals surface area (Å²) < 4.78 is 10.1. The largest absolute Gasteiger partial charge is 0.459 e. The molecule has 0 spiro atoms. The van der Waals surface area contributed by atoms with E-state index in [4.69, 9.17) is 26.2 Å². The molecular formula is C10H8ClNO3. The number of nitrogens with two attached hydrogens (primary N) is 1. The number of hydrogen-bond acceptors (Lipinski definition) is 4. The molecule has 0 aliphatic carbocycles. The van der Waals surface area contributed by atoms with Gasteiger partial charge in [-0.15, -0.1) is 0 Å². The lowest BCUT2D eigenvalue weighted by Gasteiger charge is -1.90. The fraction of sp³-hybridized carbons (Fsp3) is 0.100. The molecule has 0 radical (unpaired) electrons. The van der Waals surface area contributed by atoms with Gasteiger partial charge in [0, 0.05) is 12.1 Å². The van der Waals surface area contributed by atoms with Crippen molar-refractivity contribution in [2.75, 3.05) is 5.73 Å². The summed E-state index contributed by atoms with van der Waals surface area (Å²) >= 11 is 5.63. The Hall–Kier alpha value is -1.68. The van der Waals surface area contributed by atoms with Crippen LogP contribution in [0.4, 0.5) is 5.69 Å². The molecule has 0 aromatic carbocycles. The third kappa shape index (κ3) is 1.76. The predicted octanol–water partition coefficient (Wildman–Crippen LogP) is 2.65. The number of carbonyl (C=O) groups excluding carboxylic acids is 1. The zero-order chi connectivity index (χ0) is 11.0. The fourth-order valence-electron chi connectivity index (χ4n) is 1.16. The van der Waals surface area contributed by atoms with Crippen LogP contribution in [-0.2, 0) is 0 Å². The van der Waals surface area contributed by atoms with Gasteiger partial charge in [-0.3, -0.25) is 4.79 Å². The summed E-state index contributed by atoms with van der Waals surface area (Å²) in [5.41, 5.74) is 6.00. The second-order valence-corrected chi connectivity index (χ2v) is 3.52. The van der Waals surface area contributed by atoms with Crippen molar-refractivity contribution in [3.05, 3.63) is 40.7 Å². The van der Waals surface area contributed by atoms with Gasteiger partial charge in [0.05, 0.1) is 10.7 Å². The van der Waals surface area contributed by atoms with Gasteiger partial charge in [0.2, 0.25) is 0 Å². The zero-order valence-corrected chi connectivity index (χ0v) is 8.67. The van der Waals surface area contributed by atoms with Crippen LogP contribution < -0.4 is 5.73 Å². The second-order valence-electron chi connectivity index (χ2n) is 3.08. The normalized spacial score (nSPS) is 10.5. The Morgan fingerprint density at radius 1 is 1.40 bits per heavy atom. The van der Waals surface area contributed by atoms with E-state index in [-0.39, 0.29) is 17.3 Å². The van der Waals surface area contributed by atoms with Crippen LogP contribution in [0.3, 0.4) is 0 Å². The van der Waals surface area contributed by atoms with Gasteiger partial charge in [-0.2, -0.15) is 0 Å². The second kappa shape index (κ2) is 3.47. The third-order valence-corrected chi connectivity index (χ3v) is 2.17. The number of carbonyl (C=O) groups is 1. The standard InChI is InChI=1S/C10H8ClNO3/c1-5-7(12)3-9(15-5)10(13)8-2-6(11)4-14-8/h2-4H,12H2,1H3. The molecule has 0 bridgehead atoms. The Kier molecular flexibility index (Phi) is 2.28. The van der Waals surface area contributed by atoms with Crippen molar-refractivity contribution in [3.63, 3.8) is 0 Å². The molecule has 0 aliphatic rings. The molecule has 0 atom stereocenters. The van der Waals surface area contributed by atoms with Crippen molar-refractivity contribution in [2.45, 2.75) is 6.92 Å². The first-order valence-electron chi connectivity index (χ1n) is 4.22. The van der Waals surface area contributed by atoms with Crippen LogP contribution in [-0.4, -0.2) is 5.78 Å². The van der Waals surface area contributed by atoms with Crippen LogP contribution in [0, 0.1) is 6.92 Å². The molecule has 0 fully saturated rings. The first kappa shape index (κ1) is 9.86. The molecule has 0 aliphatic heterocycles. The predicted molar refractivity (Wildman–Crippen MR) is 55.0 cm³/mol. The maximum absolute atomic E-state index is 11.7. The van der Waals surface area contributed by atoms with Gasteiger partial charge in [-0.05, 0) is 6.92 Å². The topological polar surface area (TPSA) is 69.4 Å². The van der Waals surface area contributed by atoms with Gasteiger partial charge in [0.1, 0.15) is 12.0 Å². The average Bonchev–Trinajstić information content (AvgIpc) is 2.74. The highest BCUT2D eigenvalue weighted by Gasteiger charge is 2.18. The number of anilines is 1. The number of nitrogen functional groups attached to an aromatic ring is 1. The smallest absolute Gasteiger partial charge is 0.263 e. The first-order chi connectivity index (χ1) is 7.08. The van der Waals surface area contributed by atoms with E-state index in [9.17, 15) is 4.79 Å². The number of furan rings is 2. The first-order valence-corrected chi connectivity index (χ1v) is 4.60. The average molecular weight is 226 g/mol. The number of rotatable bonds is 2. The van der Waals surface area contributed by atoms with Crippen LogP contribution in [0.25, 0.3) is 0 Å². The van der Waals surface area contributed by atoms with Gasteiger partial charge in [-0.25, -0.2) is 0 Å². The fourth-order valence-corrected chi connectivity index (χ4v) is 1.31. The maximum Gasteiger partial charge on any atom is 0.263 e. The molecule has 15 heavy (non-hydrogen) atoms. The Morgan fingerprint density at radius 2 is 2.13 bits per heavy atom. The van der Waals surface area contributed by atoms with E-state index in [0.29, 0.717) is 16.5 Å². The lowest BCUT2D eigenvalue weighted by Crippen LogP contribution is -1.96. The maximum atomic E-state index is 11.7. The SMILES string of the molecule is Cc1oc(C(=O)c2cc(Cl)co2)cc1N. The van der Waals surface area contributed by atoms with Crippen molar-refractivity contribution in [3.8, 4) is 0 Å². The van der Waals surface area contributed by atoms with Crippen LogP contribution in [0.15, 0.2) is 27.2 Å². The van der Waals surface area contributed by atoms with Crippen LogP contribution in [0.2, 0.25) is 5.02 Å². The number of halogens is 1. The molecule has 2 heterocycles.